The molecule has 1 aliphatic rings. The summed E-state index contributed by atoms with van der Waals surface area (Å²) in [5.74, 6) is 1.25. The summed E-state index contributed by atoms with van der Waals surface area (Å²) in [6, 6.07) is 10.7. The van der Waals surface area contributed by atoms with Gasteiger partial charge in [0.15, 0.2) is 16.7 Å². The quantitative estimate of drug-likeness (QED) is 0.266. The second-order valence-electron chi connectivity index (χ2n) is 7.89. The fraction of sp³-hybridized carbons (Fsp3) is 0.375. The van der Waals surface area contributed by atoms with Gasteiger partial charge in [0.05, 0.1) is 16.2 Å². The van der Waals surface area contributed by atoms with Gasteiger partial charge in [0.2, 0.25) is 12.7 Å². The largest absolute Gasteiger partial charge is 0.454 e. The van der Waals surface area contributed by atoms with Crippen LogP contribution in [0, 0.1) is 0 Å². The van der Waals surface area contributed by atoms with Crippen LogP contribution in [0.3, 0.4) is 0 Å². The number of unbranched alkanes of at least 4 members (excludes halogenated alkanes) is 2. The van der Waals surface area contributed by atoms with Crippen molar-refractivity contribution in [3.8, 4) is 11.5 Å². The zero-order valence-corrected chi connectivity index (χ0v) is 20.2. The van der Waals surface area contributed by atoms with Crippen LogP contribution in [-0.4, -0.2) is 27.5 Å². The molecule has 2 aromatic carbocycles. The van der Waals surface area contributed by atoms with Crippen LogP contribution in [0.4, 0.5) is 0 Å². The Morgan fingerprint density at radius 2 is 2.03 bits per heavy atom. The Balaban J connectivity index is 1.50. The molecule has 1 aliphatic heterocycles. The van der Waals surface area contributed by atoms with E-state index >= 15 is 0 Å². The number of halogens is 1. The van der Waals surface area contributed by atoms with Crippen molar-refractivity contribution in [1.82, 2.24) is 14.9 Å². The normalized spacial score (nSPS) is 13.3. The Labute approximate surface area is 201 Å². The Morgan fingerprint density at radius 3 is 2.85 bits per heavy atom. The highest BCUT2D eigenvalue weighted by Crippen LogP contribution is 2.32. The van der Waals surface area contributed by atoms with Gasteiger partial charge in [0.1, 0.15) is 0 Å². The third-order valence-corrected chi connectivity index (χ3v) is 6.75. The second kappa shape index (κ2) is 10.5. The Hall–Kier alpha value is -2.71. The van der Waals surface area contributed by atoms with Crippen molar-refractivity contribution in [3.05, 3.63) is 57.3 Å². The summed E-state index contributed by atoms with van der Waals surface area (Å²) in [5, 5.41) is 4.08. The summed E-state index contributed by atoms with van der Waals surface area (Å²) < 4.78 is 12.4. The van der Waals surface area contributed by atoms with E-state index in [9.17, 15) is 9.59 Å². The van der Waals surface area contributed by atoms with E-state index in [2.05, 4.69) is 17.2 Å². The number of nitrogens with one attached hydrogen (secondary N) is 1. The smallest absolute Gasteiger partial charge is 0.262 e. The zero-order chi connectivity index (χ0) is 23.4. The lowest BCUT2D eigenvalue weighted by Crippen LogP contribution is -2.31. The summed E-state index contributed by atoms with van der Waals surface area (Å²) in [5.41, 5.74) is 1.35. The van der Waals surface area contributed by atoms with Crippen molar-refractivity contribution < 1.29 is 14.3 Å². The molecule has 1 aromatic heterocycles. The molecule has 7 nitrogen and oxygen atoms in total. The van der Waals surface area contributed by atoms with Crippen molar-refractivity contribution >= 4 is 40.2 Å². The summed E-state index contributed by atoms with van der Waals surface area (Å²) in [6.07, 6.45) is 2.93. The number of hydrogen-bond acceptors (Lipinski definition) is 6. The zero-order valence-electron chi connectivity index (χ0n) is 18.6. The highest BCUT2D eigenvalue weighted by atomic mass is 35.5. The Kier molecular flexibility index (Phi) is 7.45. The molecule has 1 amide bonds. The minimum Gasteiger partial charge on any atom is -0.454 e. The van der Waals surface area contributed by atoms with Gasteiger partial charge in [0.25, 0.3) is 5.56 Å². The van der Waals surface area contributed by atoms with Crippen molar-refractivity contribution in [2.75, 3.05) is 6.79 Å². The van der Waals surface area contributed by atoms with Crippen LogP contribution in [0.25, 0.3) is 10.9 Å². The third-order valence-electron chi connectivity index (χ3n) is 5.42. The van der Waals surface area contributed by atoms with E-state index < -0.39 is 5.25 Å². The molecule has 3 aromatic rings. The minimum absolute atomic E-state index is 0.108. The van der Waals surface area contributed by atoms with Crippen LogP contribution in [0.5, 0.6) is 11.5 Å². The van der Waals surface area contributed by atoms with E-state index in [1.54, 1.807) is 22.8 Å². The van der Waals surface area contributed by atoms with E-state index in [1.807, 2.05) is 25.1 Å². The molecule has 2 heterocycles. The van der Waals surface area contributed by atoms with Gasteiger partial charge in [0, 0.05) is 18.1 Å². The fourth-order valence-corrected chi connectivity index (χ4v) is 4.70. The van der Waals surface area contributed by atoms with Crippen LogP contribution in [0.2, 0.25) is 5.02 Å². The van der Waals surface area contributed by atoms with Gasteiger partial charge in [-0.25, -0.2) is 4.98 Å². The molecule has 1 N–H and O–H groups in total. The Bertz CT molecular complexity index is 1230. The number of rotatable bonds is 9. The lowest BCUT2D eigenvalue weighted by molar-refractivity contribution is -0.120. The lowest BCUT2D eigenvalue weighted by atomic mass is 10.2. The standard InChI is InChI=1S/C24H26ClN3O4S/c1-3-4-5-10-28-23(30)18-8-7-17(25)12-19(18)27-24(28)33-15(2)22(29)26-13-16-6-9-20-21(11-16)32-14-31-20/h6-9,11-12,15H,3-5,10,13-14H2,1-2H3,(H,26,29). The molecule has 0 bridgehead atoms. The van der Waals surface area contributed by atoms with Crippen LogP contribution in [0.1, 0.15) is 38.7 Å². The third kappa shape index (κ3) is 5.45. The topological polar surface area (TPSA) is 82.5 Å². The molecular formula is C24H26ClN3O4S. The van der Waals surface area contributed by atoms with Crippen LogP contribution in [0.15, 0.2) is 46.3 Å². The van der Waals surface area contributed by atoms with E-state index in [0.717, 1.165) is 24.8 Å². The van der Waals surface area contributed by atoms with Crippen molar-refractivity contribution in [3.63, 3.8) is 0 Å². The number of amides is 1. The summed E-state index contributed by atoms with van der Waals surface area (Å²) in [7, 11) is 0. The molecule has 0 radical (unpaired) electrons. The average molecular weight is 488 g/mol. The summed E-state index contributed by atoms with van der Waals surface area (Å²) >= 11 is 7.40. The summed E-state index contributed by atoms with van der Waals surface area (Å²) in [4.78, 5) is 30.6. The van der Waals surface area contributed by atoms with Gasteiger partial charge in [-0.1, -0.05) is 49.2 Å². The van der Waals surface area contributed by atoms with E-state index in [4.69, 9.17) is 21.1 Å². The van der Waals surface area contributed by atoms with Gasteiger partial charge in [-0.05, 0) is 49.2 Å². The molecule has 4 rings (SSSR count). The highest BCUT2D eigenvalue weighted by molar-refractivity contribution is 8.00. The van der Waals surface area contributed by atoms with Gasteiger partial charge in [-0.15, -0.1) is 0 Å². The molecule has 0 fully saturated rings. The predicted molar refractivity (Wildman–Crippen MR) is 130 cm³/mol. The maximum Gasteiger partial charge on any atom is 0.262 e. The molecule has 0 saturated heterocycles. The number of ether oxygens (including phenoxy) is 2. The van der Waals surface area contributed by atoms with Crippen molar-refractivity contribution in [2.45, 2.75) is 56.6 Å². The monoisotopic (exact) mass is 487 g/mol. The number of fused-ring (bicyclic) bond motifs is 2. The number of benzene rings is 2. The van der Waals surface area contributed by atoms with Crippen molar-refractivity contribution in [2.24, 2.45) is 0 Å². The average Bonchev–Trinajstić information content (AvgIpc) is 3.27. The number of nitrogens with zero attached hydrogens (tertiary/aromatic N) is 2. The first-order valence-corrected chi connectivity index (χ1v) is 12.2. The molecule has 9 heteroatoms. The van der Waals surface area contributed by atoms with E-state index in [-0.39, 0.29) is 18.3 Å². The van der Waals surface area contributed by atoms with Crippen LogP contribution in [-0.2, 0) is 17.9 Å². The number of carbonyl (C=O) groups excluding carboxylic acids is 1. The lowest BCUT2D eigenvalue weighted by Gasteiger charge is -2.16. The Morgan fingerprint density at radius 1 is 1.21 bits per heavy atom. The maximum atomic E-state index is 13.2. The summed E-state index contributed by atoms with van der Waals surface area (Å²) in [6.45, 7) is 5.06. The van der Waals surface area contributed by atoms with Crippen LogP contribution < -0.4 is 20.3 Å². The minimum atomic E-state index is -0.444. The van der Waals surface area contributed by atoms with Gasteiger partial charge < -0.3 is 14.8 Å². The van der Waals surface area contributed by atoms with E-state index in [1.165, 1.54) is 11.8 Å². The molecule has 174 valence electrons. The van der Waals surface area contributed by atoms with Crippen molar-refractivity contribution in [1.29, 1.82) is 0 Å². The maximum absolute atomic E-state index is 13.2. The number of carbonyl (C=O) groups is 1. The number of thioether (sulfide) groups is 1. The number of hydrogen-bond donors (Lipinski definition) is 1. The molecule has 1 unspecified atom stereocenters. The number of aromatic nitrogens is 2. The molecule has 1 atom stereocenters. The molecule has 33 heavy (non-hydrogen) atoms. The second-order valence-corrected chi connectivity index (χ2v) is 9.63. The van der Waals surface area contributed by atoms with Crippen LogP contribution >= 0.6 is 23.4 Å². The first-order valence-electron chi connectivity index (χ1n) is 11.0. The fourth-order valence-electron chi connectivity index (χ4n) is 3.58. The highest BCUT2D eigenvalue weighted by Gasteiger charge is 2.20. The van der Waals surface area contributed by atoms with E-state index in [0.29, 0.717) is 45.7 Å². The first-order chi connectivity index (χ1) is 16.0. The van der Waals surface area contributed by atoms with Gasteiger partial charge in [-0.2, -0.15) is 0 Å². The first kappa shape index (κ1) is 23.4. The molecular weight excluding hydrogens is 462 g/mol. The van der Waals surface area contributed by atoms with Gasteiger partial charge in [-0.3, -0.25) is 14.2 Å². The predicted octanol–water partition coefficient (Wildman–Crippen LogP) is 4.77. The van der Waals surface area contributed by atoms with Gasteiger partial charge >= 0.3 is 0 Å². The SMILES string of the molecule is CCCCCn1c(SC(C)C(=O)NCc2ccc3c(c2)OCO3)nc2cc(Cl)ccc2c1=O. The molecule has 0 saturated carbocycles. The molecule has 0 spiro atoms. The molecule has 0 aliphatic carbocycles.